The summed E-state index contributed by atoms with van der Waals surface area (Å²) in [6.45, 7) is 3.86. The van der Waals surface area contributed by atoms with Gasteiger partial charge in [-0.15, -0.1) is 5.10 Å². The van der Waals surface area contributed by atoms with E-state index in [4.69, 9.17) is 26.2 Å². The summed E-state index contributed by atoms with van der Waals surface area (Å²) in [7, 11) is 0. The molecule has 150 valence electrons. The standard InChI is InChI=1S/C16H24ClN5O4S/c1-3-6-27-16-18-14(17)13-15(19-16)22(21-20-13)11-7-10(25-5-4-23)8-12(11)26-9(2)24/h9-12,23-24H,3-8H2,1-2H3. The number of rotatable bonds is 9. The van der Waals surface area contributed by atoms with Gasteiger partial charge in [-0.3, -0.25) is 0 Å². The highest BCUT2D eigenvalue weighted by atomic mass is 35.5. The molecule has 27 heavy (non-hydrogen) atoms. The fraction of sp³-hybridized carbons (Fsp3) is 0.750. The van der Waals surface area contributed by atoms with E-state index in [2.05, 4.69) is 27.2 Å². The van der Waals surface area contributed by atoms with Crippen molar-refractivity contribution in [2.24, 2.45) is 0 Å². The molecule has 3 rings (SSSR count). The largest absolute Gasteiger partial charge is 0.394 e. The molecule has 9 nitrogen and oxygen atoms in total. The van der Waals surface area contributed by atoms with Gasteiger partial charge >= 0.3 is 0 Å². The number of thioether (sulfide) groups is 1. The van der Waals surface area contributed by atoms with Gasteiger partial charge < -0.3 is 19.7 Å². The Labute approximate surface area is 166 Å². The van der Waals surface area contributed by atoms with Crippen LogP contribution in [-0.4, -0.2) is 72.6 Å². The van der Waals surface area contributed by atoms with Crippen molar-refractivity contribution in [1.82, 2.24) is 25.0 Å². The van der Waals surface area contributed by atoms with Gasteiger partial charge in [0.2, 0.25) is 0 Å². The molecule has 11 heteroatoms. The van der Waals surface area contributed by atoms with Gasteiger partial charge in [-0.05, 0) is 19.8 Å². The van der Waals surface area contributed by atoms with E-state index in [1.54, 1.807) is 11.6 Å². The van der Waals surface area contributed by atoms with Crippen LogP contribution in [0.2, 0.25) is 5.15 Å². The van der Waals surface area contributed by atoms with Gasteiger partial charge in [-0.25, -0.2) is 14.6 Å². The molecule has 1 aliphatic carbocycles. The molecule has 1 aliphatic rings. The summed E-state index contributed by atoms with van der Waals surface area (Å²) >= 11 is 7.80. The van der Waals surface area contributed by atoms with Crippen molar-refractivity contribution < 1.29 is 19.7 Å². The smallest absolute Gasteiger partial charge is 0.191 e. The Morgan fingerprint density at radius 1 is 1.37 bits per heavy atom. The fourth-order valence-electron chi connectivity index (χ4n) is 3.21. The lowest BCUT2D eigenvalue weighted by Gasteiger charge is -2.21. The molecule has 0 aliphatic heterocycles. The molecule has 2 heterocycles. The Hall–Kier alpha value is -1.04. The molecule has 2 aromatic heterocycles. The zero-order valence-corrected chi connectivity index (χ0v) is 16.9. The zero-order valence-electron chi connectivity index (χ0n) is 15.3. The predicted molar refractivity (Wildman–Crippen MR) is 101 cm³/mol. The third-order valence-corrected chi connectivity index (χ3v) is 5.57. The molecule has 0 saturated heterocycles. The number of fused-ring (bicyclic) bond motifs is 1. The normalized spacial score (nSPS) is 24.0. The second-order valence-electron chi connectivity index (χ2n) is 6.38. The molecule has 0 bridgehead atoms. The topological polar surface area (TPSA) is 115 Å². The minimum absolute atomic E-state index is 0.0454. The van der Waals surface area contributed by atoms with Gasteiger partial charge in [-0.1, -0.05) is 35.5 Å². The van der Waals surface area contributed by atoms with Crippen LogP contribution < -0.4 is 0 Å². The zero-order chi connectivity index (χ0) is 19.4. The van der Waals surface area contributed by atoms with E-state index in [1.165, 1.54) is 11.8 Å². The molecule has 1 saturated carbocycles. The van der Waals surface area contributed by atoms with Crippen LogP contribution in [-0.2, 0) is 9.47 Å². The molecular formula is C16H24ClN5O4S. The van der Waals surface area contributed by atoms with Crippen molar-refractivity contribution in [3.8, 4) is 0 Å². The monoisotopic (exact) mass is 417 g/mol. The highest BCUT2D eigenvalue weighted by Crippen LogP contribution is 2.36. The highest BCUT2D eigenvalue weighted by Gasteiger charge is 2.39. The summed E-state index contributed by atoms with van der Waals surface area (Å²) in [6, 6.07) is -0.219. The minimum atomic E-state index is -0.919. The molecule has 4 atom stereocenters. The lowest BCUT2D eigenvalue weighted by atomic mass is 10.2. The molecular weight excluding hydrogens is 394 g/mol. The first kappa shape index (κ1) is 20.7. The molecule has 0 amide bonds. The van der Waals surface area contributed by atoms with Crippen LogP contribution in [0.5, 0.6) is 0 Å². The van der Waals surface area contributed by atoms with Crippen molar-refractivity contribution >= 4 is 34.5 Å². The number of nitrogens with zero attached hydrogens (tertiary/aromatic N) is 5. The third kappa shape index (κ3) is 4.87. The Balaban J connectivity index is 1.91. The van der Waals surface area contributed by atoms with Gasteiger partial charge in [0.1, 0.15) is 0 Å². The lowest BCUT2D eigenvalue weighted by Crippen LogP contribution is -2.26. The summed E-state index contributed by atoms with van der Waals surface area (Å²) in [4.78, 5) is 8.86. The maximum Gasteiger partial charge on any atom is 0.191 e. The SMILES string of the molecule is CCCSc1nc(Cl)c2nnn(C3CC(OCCO)CC3OC(C)O)c2n1. The van der Waals surface area contributed by atoms with Crippen molar-refractivity contribution in [3.05, 3.63) is 5.15 Å². The number of aromatic nitrogens is 5. The molecule has 1 fully saturated rings. The molecule has 2 N–H and O–H groups in total. The van der Waals surface area contributed by atoms with Gasteiger partial charge in [0.05, 0.1) is 31.5 Å². The first-order valence-electron chi connectivity index (χ1n) is 9.00. The van der Waals surface area contributed by atoms with Crippen molar-refractivity contribution in [3.63, 3.8) is 0 Å². The van der Waals surface area contributed by atoms with Crippen LogP contribution in [0.3, 0.4) is 0 Å². The Bertz CT molecular complexity index is 762. The van der Waals surface area contributed by atoms with Crippen LogP contribution in [0.1, 0.15) is 39.2 Å². The lowest BCUT2D eigenvalue weighted by molar-refractivity contribution is -0.134. The summed E-state index contributed by atoms with van der Waals surface area (Å²) < 4.78 is 13.0. The van der Waals surface area contributed by atoms with E-state index < -0.39 is 6.29 Å². The van der Waals surface area contributed by atoms with Crippen molar-refractivity contribution in [2.45, 2.75) is 62.8 Å². The van der Waals surface area contributed by atoms with Gasteiger partial charge in [0.15, 0.2) is 27.8 Å². The van der Waals surface area contributed by atoms with Crippen LogP contribution >= 0.6 is 23.4 Å². The predicted octanol–water partition coefficient (Wildman–Crippen LogP) is 1.81. The summed E-state index contributed by atoms with van der Waals surface area (Å²) in [6.07, 6.45) is 0.827. The van der Waals surface area contributed by atoms with Crippen LogP contribution in [0.4, 0.5) is 0 Å². The second kappa shape index (κ2) is 9.44. The fourth-order valence-corrected chi connectivity index (χ4v) is 4.15. The van der Waals surface area contributed by atoms with Crippen molar-refractivity contribution in [2.75, 3.05) is 19.0 Å². The molecule has 0 radical (unpaired) electrons. The second-order valence-corrected chi connectivity index (χ2v) is 7.80. The van der Waals surface area contributed by atoms with E-state index in [0.717, 1.165) is 12.2 Å². The maximum atomic E-state index is 9.69. The number of aliphatic hydroxyl groups excluding tert-OH is 2. The van der Waals surface area contributed by atoms with E-state index in [1.807, 2.05) is 0 Å². The Morgan fingerprint density at radius 2 is 2.19 bits per heavy atom. The number of halogens is 1. The average Bonchev–Trinajstić information content (AvgIpc) is 3.21. The summed E-state index contributed by atoms with van der Waals surface area (Å²) in [5.41, 5.74) is 0.980. The first-order chi connectivity index (χ1) is 13.0. The Morgan fingerprint density at radius 3 is 2.89 bits per heavy atom. The van der Waals surface area contributed by atoms with Crippen LogP contribution in [0.15, 0.2) is 5.16 Å². The van der Waals surface area contributed by atoms with E-state index in [9.17, 15) is 5.11 Å². The quantitative estimate of drug-likeness (QED) is 0.272. The maximum absolute atomic E-state index is 9.69. The first-order valence-corrected chi connectivity index (χ1v) is 10.4. The number of hydrogen-bond donors (Lipinski definition) is 2. The molecule has 0 spiro atoms. The van der Waals surface area contributed by atoms with E-state index >= 15 is 0 Å². The van der Waals surface area contributed by atoms with Crippen LogP contribution in [0.25, 0.3) is 11.2 Å². The molecule has 2 aromatic rings. The van der Waals surface area contributed by atoms with E-state index in [-0.39, 0.29) is 36.6 Å². The minimum Gasteiger partial charge on any atom is -0.394 e. The third-order valence-electron chi connectivity index (χ3n) is 4.26. The summed E-state index contributed by atoms with van der Waals surface area (Å²) in [5, 5.41) is 27.9. The number of ether oxygens (including phenoxy) is 2. The van der Waals surface area contributed by atoms with Gasteiger partial charge in [0, 0.05) is 12.2 Å². The Kier molecular flexibility index (Phi) is 7.23. The number of hydrogen-bond acceptors (Lipinski definition) is 9. The molecule has 0 aromatic carbocycles. The van der Waals surface area contributed by atoms with Crippen LogP contribution in [0, 0.1) is 0 Å². The van der Waals surface area contributed by atoms with E-state index in [0.29, 0.717) is 29.2 Å². The molecule has 4 unspecified atom stereocenters. The number of aliphatic hydroxyl groups is 2. The van der Waals surface area contributed by atoms with Crippen molar-refractivity contribution in [1.29, 1.82) is 0 Å². The average molecular weight is 418 g/mol. The van der Waals surface area contributed by atoms with Gasteiger partial charge in [-0.2, -0.15) is 0 Å². The highest BCUT2D eigenvalue weighted by molar-refractivity contribution is 7.99. The van der Waals surface area contributed by atoms with Gasteiger partial charge in [0.25, 0.3) is 0 Å². The summed E-state index contributed by atoms with van der Waals surface area (Å²) in [5.74, 6) is 0.887.